The number of phenols is 1. The van der Waals surface area contributed by atoms with Crippen LogP contribution in [0.2, 0.25) is 0 Å². The fraction of sp³-hybridized carbons (Fsp3) is 0.364. The van der Waals surface area contributed by atoms with Crippen LogP contribution in [0.4, 0.5) is 4.79 Å². The summed E-state index contributed by atoms with van der Waals surface area (Å²) >= 11 is 0. The maximum atomic E-state index is 11.8. The van der Waals surface area contributed by atoms with E-state index in [-0.39, 0.29) is 23.8 Å². The lowest BCUT2D eigenvalue weighted by Gasteiger charge is -2.09. The van der Waals surface area contributed by atoms with Crippen LogP contribution in [0.15, 0.2) is 29.2 Å². The number of rotatable bonds is 4. The van der Waals surface area contributed by atoms with Crippen molar-refractivity contribution in [3.05, 3.63) is 24.3 Å². The summed E-state index contributed by atoms with van der Waals surface area (Å²) in [6.45, 7) is 0.0163. The van der Waals surface area contributed by atoms with Gasteiger partial charge in [0.2, 0.25) is 0 Å². The molecule has 1 aromatic rings. The average Bonchev–Trinajstić information content (AvgIpc) is 2.67. The van der Waals surface area contributed by atoms with E-state index >= 15 is 0 Å². The lowest BCUT2D eigenvalue weighted by Crippen LogP contribution is -2.23. The minimum Gasteiger partial charge on any atom is -0.508 e. The SMILES string of the molecule is CN1C[C@@H](COS(=O)(=O)c2cccc(O)c2)OC1=O. The molecule has 1 atom stereocenters. The molecule has 0 unspecified atom stereocenters. The Morgan fingerprint density at radius 2 is 2.26 bits per heavy atom. The van der Waals surface area contributed by atoms with Gasteiger partial charge in [-0.25, -0.2) is 4.79 Å². The fourth-order valence-corrected chi connectivity index (χ4v) is 2.59. The van der Waals surface area contributed by atoms with Gasteiger partial charge in [0.15, 0.2) is 0 Å². The summed E-state index contributed by atoms with van der Waals surface area (Å²) in [6.07, 6.45) is -1.13. The average molecular weight is 287 g/mol. The van der Waals surface area contributed by atoms with E-state index in [1.807, 2.05) is 0 Å². The van der Waals surface area contributed by atoms with Gasteiger partial charge in [0, 0.05) is 13.1 Å². The summed E-state index contributed by atoms with van der Waals surface area (Å²) in [5.41, 5.74) is 0. The number of carbonyl (C=O) groups is 1. The molecule has 0 aromatic heterocycles. The molecule has 0 bridgehead atoms. The molecule has 1 amide bonds. The lowest BCUT2D eigenvalue weighted by atomic mass is 10.3. The molecule has 1 aromatic carbocycles. The van der Waals surface area contributed by atoms with Crippen LogP contribution in [0.25, 0.3) is 0 Å². The molecule has 8 heteroatoms. The number of hydrogen-bond acceptors (Lipinski definition) is 6. The molecule has 1 heterocycles. The molecule has 0 spiro atoms. The van der Waals surface area contributed by atoms with E-state index in [1.54, 1.807) is 7.05 Å². The molecule has 1 saturated heterocycles. The van der Waals surface area contributed by atoms with Crippen molar-refractivity contribution in [2.45, 2.75) is 11.0 Å². The summed E-state index contributed by atoms with van der Waals surface area (Å²) in [5.74, 6) is -0.170. The predicted molar refractivity (Wildman–Crippen MR) is 64.1 cm³/mol. The Balaban J connectivity index is 2.01. The number of cyclic esters (lactones) is 1. The maximum Gasteiger partial charge on any atom is 0.410 e. The number of benzene rings is 1. The van der Waals surface area contributed by atoms with Gasteiger partial charge in [0.05, 0.1) is 11.4 Å². The Bertz CT molecular complexity index is 585. The minimum atomic E-state index is -3.98. The topological polar surface area (TPSA) is 93.1 Å². The largest absolute Gasteiger partial charge is 0.508 e. The van der Waals surface area contributed by atoms with E-state index in [4.69, 9.17) is 8.92 Å². The zero-order valence-corrected chi connectivity index (χ0v) is 11.0. The molecule has 19 heavy (non-hydrogen) atoms. The Labute approximate surface area is 110 Å². The van der Waals surface area contributed by atoms with Crippen LogP contribution in [-0.2, 0) is 19.0 Å². The highest BCUT2D eigenvalue weighted by molar-refractivity contribution is 7.86. The van der Waals surface area contributed by atoms with Crippen molar-refractivity contribution < 1.29 is 27.2 Å². The first-order valence-corrected chi connectivity index (χ1v) is 6.89. The molecular formula is C11H13NO6S. The standard InChI is InChI=1S/C11H13NO6S/c1-12-6-9(18-11(12)14)7-17-19(15,16)10-4-2-3-8(13)5-10/h2-5,9,13H,6-7H2,1H3/t9-/m0/s1. The van der Waals surface area contributed by atoms with Gasteiger partial charge in [-0.2, -0.15) is 8.42 Å². The van der Waals surface area contributed by atoms with Crippen molar-refractivity contribution in [2.24, 2.45) is 0 Å². The van der Waals surface area contributed by atoms with Gasteiger partial charge in [0.1, 0.15) is 18.5 Å². The van der Waals surface area contributed by atoms with E-state index < -0.39 is 22.3 Å². The molecule has 7 nitrogen and oxygen atoms in total. The second-order valence-electron chi connectivity index (χ2n) is 4.12. The van der Waals surface area contributed by atoms with Crippen LogP contribution in [0.1, 0.15) is 0 Å². The zero-order chi connectivity index (χ0) is 14.0. The van der Waals surface area contributed by atoms with Crippen molar-refractivity contribution in [3.8, 4) is 5.75 Å². The first-order valence-electron chi connectivity index (χ1n) is 5.49. The van der Waals surface area contributed by atoms with Gasteiger partial charge in [-0.15, -0.1) is 0 Å². The molecule has 104 valence electrons. The smallest absolute Gasteiger partial charge is 0.410 e. The second-order valence-corrected chi connectivity index (χ2v) is 5.74. The third-order valence-electron chi connectivity index (χ3n) is 2.57. The second kappa shape index (κ2) is 5.06. The summed E-state index contributed by atoms with van der Waals surface area (Å²) in [6, 6.07) is 5.14. The van der Waals surface area contributed by atoms with E-state index in [1.165, 1.54) is 23.1 Å². The van der Waals surface area contributed by atoms with E-state index in [2.05, 4.69) is 0 Å². The van der Waals surface area contributed by atoms with Gasteiger partial charge in [-0.05, 0) is 12.1 Å². The van der Waals surface area contributed by atoms with Gasteiger partial charge < -0.3 is 14.7 Å². The normalized spacial score (nSPS) is 19.5. The number of carbonyl (C=O) groups excluding carboxylic acids is 1. The number of nitrogens with zero attached hydrogens (tertiary/aromatic N) is 1. The quantitative estimate of drug-likeness (QED) is 0.813. The molecule has 2 rings (SSSR count). The summed E-state index contributed by atoms with van der Waals surface area (Å²) in [7, 11) is -2.43. The zero-order valence-electron chi connectivity index (χ0n) is 10.1. The number of aromatic hydroxyl groups is 1. The predicted octanol–water partition coefficient (Wildman–Crippen LogP) is 0.548. The summed E-state index contributed by atoms with van der Waals surface area (Å²) in [4.78, 5) is 12.3. The Morgan fingerprint density at radius 3 is 2.84 bits per heavy atom. The molecule has 0 radical (unpaired) electrons. The Morgan fingerprint density at radius 1 is 1.53 bits per heavy atom. The highest BCUT2D eigenvalue weighted by Crippen LogP contribution is 2.19. The van der Waals surface area contributed by atoms with Crippen molar-refractivity contribution in [1.82, 2.24) is 4.90 Å². The first-order chi connectivity index (χ1) is 8.88. The fourth-order valence-electron chi connectivity index (χ4n) is 1.61. The Hall–Kier alpha value is -1.80. The van der Waals surface area contributed by atoms with Crippen LogP contribution < -0.4 is 0 Å². The molecule has 0 aliphatic carbocycles. The monoisotopic (exact) mass is 287 g/mol. The molecular weight excluding hydrogens is 274 g/mol. The maximum absolute atomic E-state index is 11.8. The molecule has 1 aliphatic rings. The highest BCUT2D eigenvalue weighted by atomic mass is 32.2. The first kappa shape index (κ1) is 13.6. The molecule has 1 N–H and O–H groups in total. The van der Waals surface area contributed by atoms with Crippen molar-refractivity contribution in [2.75, 3.05) is 20.2 Å². The van der Waals surface area contributed by atoms with Crippen LogP contribution in [0, 0.1) is 0 Å². The van der Waals surface area contributed by atoms with Crippen molar-refractivity contribution >= 4 is 16.2 Å². The summed E-state index contributed by atoms with van der Waals surface area (Å²) in [5, 5.41) is 9.23. The van der Waals surface area contributed by atoms with E-state index in [9.17, 15) is 18.3 Å². The number of hydrogen-bond donors (Lipinski definition) is 1. The minimum absolute atomic E-state index is 0.148. The van der Waals surface area contributed by atoms with Crippen LogP contribution in [0.3, 0.4) is 0 Å². The van der Waals surface area contributed by atoms with Crippen LogP contribution in [0.5, 0.6) is 5.75 Å². The van der Waals surface area contributed by atoms with Crippen molar-refractivity contribution in [3.63, 3.8) is 0 Å². The van der Waals surface area contributed by atoms with Crippen molar-refractivity contribution in [1.29, 1.82) is 0 Å². The molecule has 0 saturated carbocycles. The summed E-state index contributed by atoms with van der Waals surface area (Å²) < 4.78 is 33.3. The number of ether oxygens (including phenoxy) is 1. The van der Waals surface area contributed by atoms with Gasteiger partial charge in [0.25, 0.3) is 10.1 Å². The van der Waals surface area contributed by atoms with E-state index in [0.717, 1.165) is 6.07 Å². The number of amides is 1. The molecule has 1 aliphatic heterocycles. The third-order valence-corrected chi connectivity index (χ3v) is 3.85. The van der Waals surface area contributed by atoms with Crippen LogP contribution >= 0.6 is 0 Å². The molecule has 1 fully saturated rings. The Kier molecular flexibility index (Phi) is 3.63. The highest BCUT2D eigenvalue weighted by Gasteiger charge is 2.30. The van der Waals surface area contributed by atoms with Crippen LogP contribution in [-0.4, -0.2) is 50.8 Å². The van der Waals surface area contributed by atoms with Gasteiger partial charge >= 0.3 is 6.09 Å². The van der Waals surface area contributed by atoms with Gasteiger partial charge in [-0.3, -0.25) is 4.18 Å². The number of likely N-dealkylation sites (N-methyl/N-ethyl adjacent to an activating group) is 1. The van der Waals surface area contributed by atoms with Gasteiger partial charge in [-0.1, -0.05) is 6.07 Å². The number of phenolic OH excluding ortho intramolecular Hbond substituents is 1. The lowest BCUT2D eigenvalue weighted by molar-refractivity contribution is 0.105. The van der Waals surface area contributed by atoms with E-state index in [0.29, 0.717) is 0 Å². The third kappa shape index (κ3) is 3.15.